The summed E-state index contributed by atoms with van der Waals surface area (Å²) in [6.45, 7) is 1.64. The smallest absolute Gasteiger partial charge is 0.352 e. The van der Waals surface area contributed by atoms with Gasteiger partial charge in [-0.25, -0.2) is 9.28 Å². The highest BCUT2D eigenvalue weighted by Crippen LogP contribution is 2.29. The van der Waals surface area contributed by atoms with Crippen LogP contribution < -0.4 is 20.0 Å². The van der Waals surface area contributed by atoms with Crippen molar-refractivity contribution in [1.29, 1.82) is 0 Å². The van der Waals surface area contributed by atoms with E-state index in [9.17, 15) is 14.7 Å². The molecule has 0 saturated carbocycles. The molecule has 1 aliphatic heterocycles. The van der Waals surface area contributed by atoms with Gasteiger partial charge in [0.15, 0.2) is 0 Å². The van der Waals surface area contributed by atoms with Gasteiger partial charge >= 0.3 is 5.91 Å². The van der Waals surface area contributed by atoms with Crippen LogP contribution in [0.5, 0.6) is 0 Å². The molecule has 1 aromatic heterocycles. The van der Waals surface area contributed by atoms with Gasteiger partial charge in [-0.3, -0.25) is 4.79 Å². The number of aliphatic hydroxyl groups is 1. The third-order valence-corrected chi connectivity index (χ3v) is 8.54. The highest BCUT2D eigenvalue weighted by Gasteiger charge is 2.33. The second-order valence-electron chi connectivity index (χ2n) is 11.9. The van der Waals surface area contributed by atoms with E-state index in [1.54, 1.807) is 0 Å². The van der Waals surface area contributed by atoms with Crippen LogP contribution in [0.1, 0.15) is 33.6 Å². The predicted molar refractivity (Wildman–Crippen MR) is 179 cm³/mol. The molecule has 2 heterocycles. The average molecular weight is 589 g/mol. The zero-order valence-corrected chi connectivity index (χ0v) is 25.3. The number of aliphatic hydroxyl groups excluding tert-OH is 1. The zero-order valence-electron chi connectivity index (χ0n) is 25.3. The van der Waals surface area contributed by atoms with Gasteiger partial charge in [-0.1, -0.05) is 18.2 Å². The lowest BCUT2D eigenvalue weighted by Crippen LogP contribution is -2.46. The van der Waals surface area contributed by atoms with Crippen LogP contribution >= 0.6 is 0 Å². The molecule has 6 rings (SSSR count). The van der Waals surface area contributed by atoms with E-state index in [4.69, 9.17) is 0 Å². The number of aryl methyl sites for hydroxylation is 1. The van der Waals surface area contributed by atoms with Gasteiger partial charge < -0.3 is 25.2 Å². The number of carbonyl (C=O) groups is 2. The van der Waals surface area contributed by atoms with Gasteiger partial charge in [-0.15, -0.1) is 0 Å². The average Bonchev–Trinajstić information content (AvgIpc) is 3.38. The standard InChI is InChI=1S/C36H37N5O3/c1-39-24-33(32-6-4-5-7-34(32)39)36(44)41(2,3)30-18-14-27(15-19-30)37-26-10-12-28(13-11-26)38-35(43)25-8-16-29(17-9-25)40-22-20-31(42)21-23-40/h4-19,24,31,37,42H,20-23H2,1-3H3/p+1. The third-order valence-electron chi connectivity index (χ3n) is 8.54. The Hall–Kier alpha value is -4.92. The molecule has 0 atom stereocenters. The molecular weight excluding hydrogens is 550 g/mol. The van der Waals surface area contributed by atoms with E-state index in [-0.39, 0.29) is 22.4 Å². The number of amides is 2. The minimum atomic E-state index is -0.214. The van der Waals surface area contributed by atoms with Crippen LogP contribution in [0.3, 0.4) is 0 Å². The van der Waals surface area contributed by atoms with Gasteiger partial charge in [0, 0.05) is 77.7 Å². The maximum absolute atomic E-state index is 13.7. The van der Waals surface area contributed by atoms with Crippen LogP contribution in [0.15, 0.2) is 103 Å². The lowest BCUT2D eigenvalue weighted by Gasteiger charge is -2.31. The van der Waals surface area contributed by atoms with Crippen molar-refractivity contribution < 1.29 is 14.7 Å². The first-order valence-corrected chi connectivity index (χ1v) is 14.9. The SMILES string of the molecule is Cn1cc(C(=O)[N+](C)(C)c2ccc(Nc3ccc(NC(=O)c4ccc(N5CCC(O)CC5)cc4)cc3)cc2)c2ccccc21. The summed E-state index contributed by atoms with van der Waals surface area (Å²) < 4.78 is 2.08. The van der Waals surface area contributed by atoms with Crippen LogP contribution in [0.25, 0.3) is 10.9 Å². The number of rotatable bonds is 7. The number of carbonyl (C=O) groups excluding carboxylic acids is 2. The summed E-state index contributed by atoms with van der Waals surface area (Å²) in [4.78, 5) is 28.7. The van der Waals surface area contributed by atoms with Crippen LogP contribution in [0.4, 0.5) is 28.4 Å². The summed E-state index contributed by atoms with van der Waals surface area (Å²) in [6.07, 6.45) is 3.23. The van der Waals surface area contributed by atoms with Crippen molar-refractivity contribution in [2.75, 3.05) is 42.7 Å². The van der Waals surface area contributed by atoms with Gasteiger partial charge in [0.2, 0.25) is 0 Å². The second kappa shape index (κ2) is 12.0. The minimum absolute atomic E-state index is 0.0267. The topological polar surface area (TPSA) is 86.6 Å². The molecule has 8 heteroatoms. The Morgan fingerprint density at radius 2 is 1.39 bits per heavy atom. The van der Waals surface area contributed by atoms with E-state index < -0.39 is 0 Å². The van der Waals surface area contributed by atoms with E-state index in [0.29, 0.717) is 16.8 Å². The number of quaternary nitrogens is 1. The van der Waals surface area contributed by atoms with Crippen LogP contribution in [-0.2, 0) is 7.05 Å². The quantitative estimate of drug-likeness (QED) is 0.188. The first-order valence-electron chi connectivity index (χ1n) is 14.9. The molecule has 0 aliphatic carbocycles. The molecule has 224 valence electrons. The summed E-state index contributed by atoms with van der Waals surface area (Å²) in [6, 6.07) is 31.0. The van der Waals surface area contributed by atoms with Crippen molar-refractivity contribution in [1.82, 2.24) is 9.05 Å². The number of nitrogens with zero attached hydrogens (tertiary/aromatic N) is 3. The molecular formula is C36H38N5O3+. The first-order chi connectivity index (χ1) is 21.2. The first kappa shape index (κ1) is 29.2. The van der Waals surface area contributed by atoms with E-state index >= 15 is 0 Å². The van der Waals surface area contributed by atoms with E-state index in [1.165, 1.54) is 0 Å². The normalized spacial score (nSPS) is 14.0. The molecule has 8 nitrogen and oxygen atoms in total. The minimum Gasteiger partial charge on any atom is -0.393 e. The Bertz CT molecular complexity index is 1780. The Morgan fingerprint density at radius 3 is 2.05 bits per heavy atom. The number of hydrogen-bond acceptors (Lipinski definition) is 5. The van der Waals surface area contributed by atoms with Crippen LogP contribution in [0.2, 0.25) is 0 Å². The highest BCUT2D eigenvalue weighted by atomic mass is 16.3. The predicted octanol–water partition coefficient (Wildman–Crippen LogP) is 6.54. The van der Waals surface area contributed by atoms with Crippen molar-refractivity contribution >= 4 is 51.2 Å². The maximum atomic E-state index is 13.7. The molecule has 0 bridgehead atoms. The van der Waals surface area contributed by atoms with Crippen molar-refractivity contribution in [3.8, 4) is 0 Å². The summed E-state index contributed by atoms with van der Waals surface area (Å²) in [5.41, 5.74) is 6.76. The molecule has 2 amide bonds. The van der Waals surface area contributed by atoms with Crippen LogP contribution in [0, 0.1) is 0 Å². The number of benzene rings is 4. The molecule has 0 spiro atoms. The van der Waals surface area contributed by atoms with Gasteiger partial charge in [-0.2, -0.15) is 0 Å². The number of anilines is 4. The highest BCUT2D eigenvalue weighted by molar-refractivity contribution is 6.11. The molecule has 1 fully saturated rings. The fourth-order valence-electron chi connectivity index (χ4n) is 5.80. The molecule has 44 heavy (non-hydrogen) atoms. The molecule has 3 N–H and O–H groups in total. The van der Waals surface area contributed by atoms with Gasteiger partial charge in [0.1, 0.15) is 11.3 Å². The molecule has 0 unspecified atom stereocenters. The van der Waals surface area contributed by atoms with E-state index in [2.05, 4.69) is 15.5 Å². The van der Waals surface area contributed by atoms with Crippen molar-refractivity contribution in [3.05, 3.63) is 114 Å². The number of piperidine rings is 1. The largest absolute Gasteiger partial charge is 0.393 e. The van der Waals surface area contributed by atoms with Crippen molar-refractivity contribution in [3.63, 3.8) is 0 Å². The van der Waals surface area contributed by atoms with Crippen molar-refractivity contribution in [2.24, 2.45) is 7.05 Å². The Labute approximate surface area is 257 Å². The number of nitrogens with one attached hydrogen (secondary N) is 2. The van der Waals surface area contributed by atoms with Gasteiger partial charge in [-0.05, 0) is 79.6 Å². The summed E-state index contributed by atoms with van der Waals surface area (Å²) >= 11 is 0. The summed E-state index contributed by atoms with van der Waals surface area (Å²) in [5.74, 6) is -0.139. The van der Waals surface area contributed by atoms with E-state index in [0.717, 1.165) is 59.6 Å². The van der Waals surface area contributed by atoms with Crippen molar-refractivity contribution in [2.45, 2.75) is 18.9 Å². The lowest BCUT2D eigenvalue weighted by molar-refractivity contribution is 0.0833. The Balaban J connectivity index is 1.07. The van der Waals surface area contributed by atoms with E-state index in [1.807, 2.05) is 129 Å². The fourth-order valence-corrected chi connectivity index (χ4v) is 5.80. The monoisotopic (exact) mass is 588 g/mol. The number of fused-ring (bicyclic) bond motifs is 1. The van der Waals surface area contributed by atoms with Crippen LogP contribution in [-0.4, -0.2) is 54.8 Å². The summed E-state index contributed by atoms with van der Waals surface area (Å²) in [7, 11) is 5.78. The number of aromatic nitrogens is 1. The maximum Gasteiger partial charge on any atom is 0.352 e. The fraction of sp³-hybridized carbons (Fsp3) is 0.222. The molecule has 4 aromatic carbocycles. The van der Waals surface area contributed by atoms with Gasteiger partial charge in [0.25, 0.3) is 5.91 Å². The summed E-state index contributed by atoms with van der Waals surface area (Å²) in [5, 5.41) is 17.1. The number of hydrogen-bond donors (Lipinski definition) is 3. The second-order valence-corrected chi connectivity index (χ2v) is 11.9. The molecule has 0 radical (unpaired) electrons. The zero-order chi connectivity index (χ0) is 30.8. The lowest BCUT2D eigenvalue weighted by atomic mass is 10.1. The molecule has 5 aromatic rings. The molecule has 1 saturated heterocycles. The Morgan fingerprint density at radius 1 is 0.795 bits per heavy atom. The third kappa shape index (κ3) is 5.95. The molecule has 1 aliphatic rings. The Kier molecular flexibility index (Phi) is 7.95. The van der Waals surface area contributed by atoms with Gasteiger partial charge in [0.05, 0.1) is 20.2 Å². The number of para-hydroxylation sites is 1.